The van der Waals surface area contributed by atoms with Gasteiger partial charge in [0.05, 0.1) is 0 Å². The van der Waals surface area contributed by atoms with Crippen LogP contribution in [-0.4, -0.2) is 5.78 Å². The van der Waals surface area contributed by atoms with Crippen LogP contribution in [0.1, 0.15) is 33.1 Å². The van der Waals surface area contributed by atoms with E-state index in [1.165, 1.54) is 0 Å². The van der Waals surface area contributed by atoms with E-state index in [4.69, 9.17) is 0 Å². The molecule has 12 heavy (non-hydrogen) atoms. The van der Waals surface area contributed by atoms with Crippen molar-refractivity contribution >= 4 is 5.78 Å². The SMILES string of the molecule is C=CC[C@]1(C)C=C(C(C)=O)CC1. The Kier molecular flexibility index (Phi) is 2.51. The van der Waals surface area contributed by atoms with E-state index in [1.807, 2.05) is 6.08 Å². The second-order valence-corrected chi connectivity index (χ2v) is 3.87. The van der Waals surface area contributed by atoms with E-state index >= 15 is 0 Å². The molecule has 0 amide bonds. The molecular formula is C11H16O. The molecule has 0 aromatic heterocycles. The molecule has 0 bridgehead atoms. The highest BCUT2D eigenvalue weighted by atomic mass is 16.1. The van der Waals surface area contributed by atoms with Gasteiger partial charge in [0.15, 0.2) is 5.78 Å². The van der Waals surface area contributed by atoms with Gasteiger partial charge in [-0.15, -0.1) is 6.58 Å². The summed E-state index contributed by atoms with van der Waals surface area (Å²) in [6.07, 6.45) is 7.06. The number of ketones is 1. The number of Topliss-reactive ketones (excluding diaryl/α,β-unsaturated/α-hetero) is 1. The minimum absolute atomic E-state index is 0.197. The van der Waals surface area contributed by atoms with Crippen LogP contribution in [-0.2, 0) is 4.79 Å². The van der Waals surface area contributed by atoms with E-state index in [1.54, 1.807) is 6.92 Å². The fourth-order valence-corrected chi connectivity index (χ4v) is 1.75. The van der Waals surface area contributed by atoms with Gasteiger partial charge in [-0.3, -0.25) is 4.79 Å². The second-order valence-electron chi connectivity index (χ2n) is 3.87. The molecule has 1 aliphatic carbocycles. The van der Waals surface area contributed by atoms with Crippen LogP contribution in [0.2, 0.25) is 0 Å². The molecule has 1 atom stereocenters. The maximum absolute atomic E-state index is 11.0. The van der Waals surface area contributed by atoms with Gasteiger partial charge in [-0.2, -0.15) is 0 Å². The van der Waals surface area contributed by atoms with Crippen LogP contribution < -0.4 is 0 Å². The van der Waals surface area contributed by atoms with Crippen LogP contribution in [0.15, 0.2) is 24.3 Å². The molecule has 0 aliphatic heterocycles. The maximum Gasteiger partial charge on any atom is 0.155 e. The van der Waals surface area contributed by atoms with Crippen molar-refractivity contribution in [3.8, 4) is 0 Å². The highest BCUT2D eigenvalue weighted by Crippen LogP contribution is 2.38. The summed E-state index contributed by atoms with van der Waals surface area (Å²) in [4.78, 5) is 11.0. The average Bonchev–Trinajstić information content (AvgIpc) is 2.33. The first kappa shape index (κ1) is 9.24. The fraction of sp³-hybridized carbons (Fsp3) is 0.545. The molecule has 1 nitrogen and oxygen atoms in total. The largest absolute Gasteiger partial charge is 0.295 e. The minimum atomic E-state index is 0.197. The quantitative estimate of drug-likeness (QED) is 0.586. The number of hydrogen-bond acceptors (Lipinski definition) is 1. The third-order valence-electron chi connectivity index (χ3n) is 2.55. The molecule has 0 heterocycles. The lowest BCUT2D eigenvalue weighted by molar-refractivity contribution is -0.113. The van der Waals surface area contributed by atoms with Crippen molar-refractivity contribution in [3.05, 3.63) is 24.3 Å². The summed E-state index contributed by atoms with van der Waals surface area (Å²) < 4.78 is 0. The lowest BCUT2D eigenvalue weighted by atomic mass is 9.87. The molecule has 0 N–H and O–H groups in total. The number of hydrogen-bond donors (Lipinski definition) is 0. The van der Waals surface area contributed by atoms with Crippen LogP contribution in [0.3, 0.4) is 0 Å². The van der Waals surface area contributed by atoms with Crippen LogP contribution in [0.25, 0.3) is 0 Å². The summed E-state index contributed by atoms with van der Waals surface area (Å²) in [5.41, 5.74) is 1.20. The summed E-state index contributed by atoms with van der Waals surface area (Å²) in [5.74, 6) is 0.225. The Morgan fingerprint density at radius 3 is 2.92 bits per heavy atom. The predicted octanol–water partition coefficient (Wildman–Crippen LogP) is 2.88. The zero-order valence-electron chi connectivity index (χ0n) is 7.89. The standard InChI is InChI=1S/C11H16O/c1-4-6-11(3)7-5-10(8-11)9(2)12/h4,8H,1,5-7H2,2-3H3/t11-/m0/s1. The molecule has 0 spiro atoms. The Labute approximate surface area is 74.2 Å². The van der Waals surface area contributed by atoms with Gasteiger partial charge in [-0.25, -0.2) is 0 Å². The fourth-order valence-electron chi connectivity index (χ4n) is 1.75. The summed E-state index contributed by atoms with van der Waals surface area (Å²) in [5, 5.41) is 0. The number of carbonyl (C=O) groups is 1. The third kappa shape index (κ3) is 1.84. The molecule has 1 heteroatoms. The minimum Gasteiger partial charge on any atom is -0.295 e. The molecule has 66 valence electrons. The van der Waals surface area contributed by atoms with Crippen molar-refractivity contribution in [2.24, 2.45) is 5.41 Å². The van der Waals surface area contributed by atoms with Gasteiger partial charge in [-0.1, -0.05) is 19.1 Å². The zero-order chi connectivity index (χ0) is 9.19. The molecule has 0 unspecified atom stereocenters. The Morgan fingerprint density at radius 1 is 1.83 bits per heavy atom. The average molecular weight is 164 g/mol. The predicted molar refractivity (Wildman–Crippen MR) is 50.9 cm³/mol. The first-order valence-corrected chi connectivity index (χ1v) is 4.41. The first-order chi connectivity index (χ1) is 5.57. The van der Waals surface area contributed by atoms with Crippen LogP contribution >= 0.6 is 0 Å². The van der Waals surface area contributed by atoms with Crippen molar-refractivity contribution in [3.63, 3.8) is 0 Å². The molecular weight excluding hydrogens is 148 g/mol. The number of rotatable bonds is 3. The van der Waals surface area contributed by atoms with E-state index < -0.39 is 0 Å². The normalized spacial score (nSPS) is 28.3. The lowest BCUT2D eigenvalue weighted by Crippen LogP contribution is -2.06. The molecule has 0 radical (unpaired) electrons. The Morgan fingerprint density at radius 2 is 2.50 bits per heavy atom. The smallest absolute Gasteiger partial charge is 0.155 e. The van der Waals surface area contributed by atoms with Crippen molar-refractivity contribution in [2.75, 3.05) is 0 Å². The van der Waals surface area contributed by atoms with Crippen LogP contribution in [0, 0.1) is 5.41 Å². The first-order valence-electron chi connectivity index (χ1n) is 4.41. The highest BCUT2D eigenvalue weighted by Gasteiger charge is 2.27. The number of allylic oxidation sites excluding steroid dienone is 3. The van der Waals surface area contributed by atoms with E-state index in [-0.39, 0.29) is 11.2 Å². The molecule has 0 saturated carbocycles. The topological polar surface area (TPSA) is 17.1 Å². The zero-order valence-corrected chi connectivity index (χ0v) is 7.89. The van der Waals surface area contributed by atoms with Gasteiger partial charge in [0, 0.05) is 0 Å². The summed E-state index contributed by atoms with van der Waals surface area (Å²) in [6, 6.07) is 0. The maximum atomic E-state index is 11.0. The van der Waals surface area contributed by atoms with E-state index in [9.17, 15) is 4.79 Å². The molecule has 0 fully saturated rings. The number of carbonyl (C=O) groups excluding carboxylic acids is 1. The van der Waals surface area contributed by atoms with Crippen LogP contribution in [0.4, 0.5) is 0 Å². The van der Waals surface area contributed by atoms with Crippen molar-refractivity contribution in [2.45, 2.75) is 33.1 Å². The summed E-state index contributed by atoms with van der Waals surface area (Å²) in [6.45, 7) is 7.55. The van der Waals surface area contributed by atoms with Gasteiger partial charge in [0.1, 0.15) is 0 Å². The Hall–Kier alpha value is -0.850. The van der Waals surface area contributed by atoms with Gasteiger partial charge in [-0.05, 0) is 37.2 Å². The third-order valence-corrected chi connectivity index (χ3v) is 2.55. The van der Waals surface area contributed by atoms with Gasteiger partial charge >= 0.3 is 0 Å². The summed E-state index contributed by atoms with van der Waals surface area (Å²) in [7, 11) is 0. The molecule has 0 aromatic carbocycles. The Bertz CT molecular complexity index is 237. The van der Waals surface area contributed by atoms with Crippen LogP contribution in [0.5, 0.6) is 0 Å². The van der Waals surface area contributed by atoms with E-state index in [0.717, 1.165) is 24.8 Å². The van der Waals surface area contributed by atoms with Crippen molar-refractivity contribution in [1.82, 2.24) is 0 Å². The monoisotopic (exact) mass is 164 g/mol. The molecule has 1 aliphatic rings. The molecule has 1 rings (SSSR count). The summed E-state index contributed by atoms with van der Waals surface area (Å²) >= 11 is 0. The van der Waals surface area contributed by atoms with Gasteiger partial charge in [0.2, 0.25) is 0 Å². The van der Waals surface area contributed by atoms with Crippen molar-refractivity contribution in [1.29, 1.82) is 0 Å². The highest BCUT2D eigenvalue weighted by molar-refractivity contribution is 5.93. The van der Waals surface area contributed by atoms with Crippen molar-refractivity contribution < 1.29 is 4.79 Å². The van der Waals surface area contributed by atoms with E-state index in [2.05, 4.69) is 19.6 Å². The Balaban J connectivity index is 2.74. The molecule has 0 saturated heterocycles. The van der Waals surface area contributed by atoms with Gasteiger partial charge < -0.3 is 0 Å². The van der Waals surface area contributed by atoms with E-state index in [0.29, 0.717) is 0 Å². The van der Waals surface area contributed by atoms with Gasteiger partial charge in [0.25, 0.3) is 0 Å². The molecule has 0 aromatic rings. The second kappa shape index (κ2) is 3.26. The lowest BCUT2D eigenvalue weighted by Gasteiger charge is -2.18.